The normalized spacial score (nSPS) is 13.0. The van der Waals surface area contributed by atoms with Gasteiger partial charge in [0, 0.05) is 5.56 Å². The molecule has 0 radical (unpaired) electrons. The second-order valence-electron chi connectivity index (χ2n) is 6.62. The van der Waals surface area contributed by atoms with Crippen LogP contribution in [0.15, 0.2) is 65.1 Å². The van der Waals surface area contributed by atoms with Crippen LogP contribution >= 0.6 is 0 Å². The Morgan fingerprint density at radius 1 is 1.04 bits per heavy atom. The van der Waals surface area contributed by atoms with E-state index in [1.54, 1.807) is 18.2 Å². The summed E-state index contributed by atoms with van der Waals surface area (Å²) in [6.45, 7) is 0.346. The third-order valence-corrected chi connectivity index (χ3v) is 4.68. The van der Waals surface area contributed by atoms with Gasteiger partial charge in [-0.3, -0.25) is 4.79 Å². The minimum Gasteiger partial charge on any atom is -0.508 e. The Labute approximate surface area is 157 Å². The highest BCUT2D eigenvalue weighted by Gasteiger charge is 2.11. The van der Waals surface area contributed by atoms with Crippen molar-refractivity contribution < 1.29 is 19.1 Å². The molecular weight excluding hydrogens is 340 g/mol. The Balaban J connectivity index is 1.35. The molecular formula is C23H20O4. The molecule has 0 saturated carbocycles. The van der Waals surface area contributed by atoms with Crippen LogP contribution in [0.5, 0.6) is 11.5 Å². The highest BCUT2D eigenvalue weighted by atomic mass is 16.5. The van der Waals surface area contributed by atoms with Crippen LogP contribution < -0.4 is 4.74 Å². The average Bonchev–Trinajstić information content (AvgIpc) is 3.33. The van der Waals surface area contributed by atoms with E-state index in [0.29, 0.717) is 23.7 Å². The van der Waals surface area contributed by atoms with Crippen LogP contribution in [0.25, 0.3) is 6.08 Å². The summed E-state index contributed by atoms with van der Waals surface area (Å²) >= 11 is 0. The molecule has 2 aromatic carbocycles. The smallest absolute Gasteiger partial charge is 0.185 e. The van der Waals surface area contributed by atoms with Gasteiger partial charge in [-0.1, -0.05) is 6.07 Å². The lowest BCUT2D eigenvalue weighted by Crippen LogP contribution is -1.95. The van der Waals surface area contributed by atoms with E-state index in [1.807, 2.05) is 18.2 Å². The zero-order valence-electron chi connectivity index (χ0n) is 14.9. The molecule has 0 fully saturated rings. The highest BCUT2D eigenvalue weighted by molar-refractivity contribution is 6.06. The molecule has 1 heterocycles. The van der Waals surface area contributed by atoms with Crippen LogP contribution in [0.4, 0.5) is 0 Å². The van der Waals surface area contributed by atoms with E-state index in [4.69, 9.17) is 9.15 Å². The van der Waals surface area contributed by atoms with Crippen LogP contribution in [0, 0.1) is 0 Å². The first kappa shape index (κ1) is 17.2. The van der Waals surface area contributed by atoms with Gasteiger partial charge in [-0.25, -0.2) is 0 Å². The van der Waals surface area contributed by atoms with E-state index in [1.165, 1.54) is 35.8 Å². The van der Waals surface area contributed by atoms with E-state index in [2.05, 4.69) is 12.1 Å². The number of fused-ring (bicyclic) bond motifs is 1. The van der Waals surface area contributed by atoms with E-state index < -0.39 is 0 Å². The molecule has 1 aliphatic rings. The number of carbonyl (C=O) groups excluding carboxylic acids is 1. The van der Waals surface area contributed by atoms with Crippen molar-refractivity contribution in [1.29, 1.82) is 0 Å². The van der Waals surface area contributed by atoms with Crippen LogP contribution in [-0.4, -0.2) is 10.9 Å². The van der Waals surface area contributed by atoms with Crippen molar-refractivity contribution in [3.63, 3.8) is 0 Å². The molecule has 1 N–H and O–H groups in total. The summed E-state index contributed by atoms with van der Waals surface area (Å²) in [5, 5.41) is 9.27. The van der Waals surface area contributed by atoms with Crippen molar-refractivity contribution in [3.05, 3.63) is 88.9 Å². The first-order valence-electron chi connectivity index (χ1n) is 9.02. The van der Waals surface area contributed by atoms with E-state index in [-0.39, 0.29) is 11.5 Å². The quantitative estimate of drug-likeness (QED) is 0.499. The number of furan rings is 1. The lowest BCUT2D eigenvalue weighted by Gasteiger charge is -2.06. The summed E-state index contributed by atoms with van der Waals surface area (Å²) in [6, 6.07) is 16.1. The molecule has 4 nitrogen and oxygen atoms in total. The minimum atomic E-state index is -0.151. The number of carbonyl (C=O) groups is 1. The summed E-state index contributed by atoms with van der Waals surface area (Å²) in [5.41, 5.74) is 3.31. The van der Waals surface area contributed by atoms with E-state index in [9.17, 15) is 9.90 Å². The number of rotatable bonds is 6. The van der Waals surface area contributed by atoms with Gasteiger partial charge in [-0.05, 0) is 91.1 Å². The zero-order valence-corrected chi connectivity index (χ0v) is 14.9. The van der Waals surface area contributed by atoms with Gasteiger partial charge in [0.15, 0.2) is 5.78 Å². The predicted octanol–water partition coefficient (Wildman–Crippen LogP) is 4.95. The van der Waals surface area contributed by atoms with Crippen molar-refractivity contribution in [2.45, 2.75) is 25.9 Å². The molecule has 3 aromatic rings. The van der Waals surface area contributed by atoms with Crippen molar-refractivity contribution >= 4 is 11.9 Å². The first-order chi connectivity index (χ1) is 13.2. The van der Waals surface area contributed by atoms with Crippen molar-refractivity contribution in [2.24, 2.45) is 0 Å². The number of hydrogen-bond donors (Lipinski definition) is 1. The maximum atomic E-state index is 12.1. The fourth-order valence-corrected chi connectivity index (χ4v) is 3.23. The van der Waals surface area contributed by atoms with Gasteiger partial charge in [0.1, 0.15) is 29.6 Å². The topological polar surface area (TPSA) is 59.7 Å². The fraction of sp³-hybridized carbons (Fsp3) is 0.174. The second kappa shape index (κ2) is 7.54. The Morgan fingerprint density at radius 3 is 2.70 bits per heavy atom. The molecule has 4 rings (SSSR count). The molecule has 0 spiro atoms. The third kappa shape index (κ3) is 4.11. The first-order valence-corrected chi connectivity index (χ1v) is 9.02. The molecule has 136 valence electrons. The number of benzene rings is 2. The van der Waals surface area contributed by atoms with E-state index >= 15 is 0 Å². The van der Waals surface area contributed by atoms with Gasteiger partial charge >= 0.3 is 0 Å². The van der Waals surface area contributed by atoms with Gasteiger partial charge in [0.05, 0.1) is 0 Å². The van der Waals surface area contributed by atoms with Crippen molar-refractivity contribution in [3.8, 4) is 11.5 Å². The predicted molar refractivity (Wildman–Crippen MR) is 103 cm³/mol. The number of phenols is 1. The summed E-state index contributed by atoms with van der Waals surface area (Å²) in [6.07, 6.45) is 6.59. The molecule has 0 amide bonds. The Morgan fingerprint density at radius 2 is 1.85 bits per heavy atom. The highest BCUT2D eigenvalue weighted by Crippen LogP contribution is 2.26. The monoisotopic (exact) mass is 360 g/mol. The summed E-state index contributed by atoms with van der Waals surface area (Å²) in [5.74, 6) is 2.13. The van der Waals surface area contributed by atoms with Gasteiger partial charge in [-0.2, -0.15) is 0 Å². The summed E-state index contributed by atoms with van der Waals surface area (Å²) < 4.78 is 11.5. The third-order valence-electron chi connectivity index (χ3n) is 4.68. The number of ketones is 1. The Hall–Kier alpha value is -3.27. The average molecular weight is 360 g/mol. The fourth-order valence-electron chi connectivity index (χ4n) is 3.23. The minimum absolute atomic E-state index is 0.134. The molecule has 0 atom stereocenters. The SMILES string of the molecule is O=C(/C=C/c1ccc(COc2ccc3c(c2)CCC3)o1)c1ccc(O)cc1. The molecule has 0 bridgehead atoms. The number of allylic oxidation sites excluding steroid dienone is 1. The van der Waals surface area contributed by atoms with Crippen LogP contribution in [0.1, 0.15) is 39.4 Å². The van der Waals surface area contributed by atoms with Gasteiger partial charge < -0.3 is 14.3 Å². The Bertz CT molecular complexity index is 980. The van der Waals surface area contributed by atoms with E-state index in [0.717, 1.165) is 18.6 Å². The largest absolute Gasteiger partial charge is 0.508 e. The molecule has 27 heavy (non-hydrogen) atoms. The zero-order chi connectivity index (χ0) is 18.6. The lowest BCUT2D eigenvalue weighted by molar-refractivity contribution is 0.104. The molecule has 0 saturated heterocycles. The summed E-state index contributed by atoms with van der Waals surface area (Å²) in [7, 11) is 0. The van der Waals surface area contributed by atoms with Gasteiger partial charge in [0.25, 0.3) is 0 Å². The molecule has 0 aliphatic heterocycles. The van der Waals surface area contributed by atoms with Crippen LogP contribution in [0.3, 0.4) is 0 Å². The van der Waals surface area contributed by atoms with Gasteiger partial charge in [0.2, 0.25) is 0 Å². The standard InChI is InChI=1S/C23H20O4/c24-19-7-4-17(5-8-19)23(25)13-12-20-10-11-22(27-20)15-26-21-9-6-16-2-1-3-18(16)14-21/h4-14,24H,1-3,15H2/b13-12+. The van der Waals surface area contributed by atoms with Gasteiger partial charge in [-0.15, -0.1) is 0 Å². The second-order valence-corrected chi connectivity index (χ2v) is 6.62. The number of aryl methyl sites for hydroxylation is 2. The van der Waals surface area contributed by atoms with Crippen molar-refractivity contribution in [2.75, 3.05) is 0 Å². The Kier molecular flexibility index (Phi) is 4.79. The van der Waals surface area contributed by atoms with Crippen LogP contribution in [-0.2, 0) is 19.4 Å². The number of phenolic OH excluding ortho intramolecular Hbond substituents is 1. The maximum absolute atomic E-state index is 12.1. The maximum Gasteiger partial charge on any atom is 0.185 e. The number of ether oxygens (including phenoxy) is 1. The lowest BCUT2D eigenvalue weighted by atomic mass is 10.1. The molecule has 0 unspecified atom stereocenters. The molecule has 4 heteroatoms. The van der Waals surface area contributed by atoms with Crippen LogP contribution in [0.2, 0.25) is 0 Å². The molecule has 1 aromatic heterocycles. The number of hydrogen-bond acceptors (Lipinski definition) is 4. The number of aromatic hydroxyl groups is 1. The van der Waals surface area contributed by atoms with Crippen molar-refractivity contribution in [1.82, 2.24) is 0 Å². The molecule has 1 aliphatic carbocycles. The summed E-state index contributed by atoms with van der Waals surface area (Å²) in [4.78, 5) is 12.1.